The molecule has 0 amide bonds. The van der Waals surface area contributed by atoms with Crippen molar-refractivity contribution in [2.24, 2.45) is 11.7 Å². The van der Waals surface area contributed by atoms with Gasteiger partial charge in [-0.1, -0.05) is 35.9 Å². The fourth-order valence-corrected chi connectivity index (χ4v) is 3.73. The van der Waals surface area contributed by atoms with Crippen LogP contribution in [0.4, 0.5) is 4.39 Å². The van der Waals surface area contributed by atoms with Gasteiger partial charge < -0.3 is 5.73 Å². The summed E-state index contributed by atoms with van der Waals surface area (Å²) in [5.41, 5.74) is 8.49. The molecule has 1 aliphatic heterocycles. The summed E-state index contributed by atoms with van der Waals surface area (Å²) in [6.45, 7) is 2.73. The molecule has 1 fully saturated rings. The van der Waals surface area contributed by atoms with Crippen LogP contribution < -0.4 is 5.73 Å². The van der Waals surface area contributed by atoms with Crippen LogP contribution in [0.2, 0.25) is 5.02 Å². The van der Waals surface area contributed by atoms with Gasteiger partial charge in [0.2, 0.25) is 0 Å². The van der Waals surface area contributed by atoms with Crippen LogP contribution in [0.15, 0.2) is 48.5 Å². The minimum Gasteiger partial charge on any atom is -0.327 e. The first-order valence-electron chi connectivity index (χ1n) is 8.05. The van der Waals surface area contributed by atoms with Crippen LogP contribution in [0.3, 0.4) is 0 Å². The fourth-order valence-electron chi connectivity index (χ4n) is 3.52. The Kier molecular flexibility index (Phi) is 5.31. The van der Waals surface area contributed by atoms with E-state index < -0.39 is 0 Å². The molecule has 4 heteroatoms. The van der Waals surface area contributed by atoms with Gasteiger partial charge in [-0.3, -0.25) is 4.90 Å². The lowest BCUT2D eigenvalue weighted by Crippen LogP contribution is -2.47. The van der Waals surface area contributed by atoms with E-state index in [9.17, 15) is 4.39 Å². The van der Waals surface area contributed by atoms with E-state index in [4.69, 9.17) is 17.3 Å². The molecule has 0 bridgehead atoms. The molecule has 2 nitrogen and oxygen atoms in total. The number of benzene rings is 2. The maximum Gasteiger partial charge on any atom is 0.123 e. The molecule has 2 N–H and O–H groups in total. The van der Waals surface area contributed by atoms with E-state index >= 15 is 0 Å². The molecule has 1 saturated heterocycles. The first-order chi connectivity index (χ1) is 11.1. The van der Waals surface area contributed by atoms with Gasteiger partial charge in [0.15, 0.2) is 0 Å². The van der Waals surface area contributed by atoms with Crippen LogP contribution in [0.25, 0.3) is 0 Å². The number of hydrogen-bond acceptors (Lipinski definition) is 2. The van der Waals surface area contributed by atoms with Crippen LogP contribution in [0, 0.1) is 11.7 Å². The molecule has 1 heterocycles. The monoisotopic (exact) mass is 332 g/mol. The summed E-state index contributed by atoms with van der Waals surface area (Å²) in [7, 11) is 0. The van der Waals surface area contributed by atoms with Gasteiger partial charge in [0.25, 0.3) is 0 Å². The Bertz CT molecular complexity index is 606. The Morgan fingerprint density at radius 3 is 2.65 bits per heavy atom. The molecule has 0 aromatic heterocycles. The Labute approximate surface area is 142 Å². The van der Waals surface area contributed by atoms with Crippen molar-refractivity contribution in [3.63, 3.8) is 0 Å². The van der Waals surface area contributed by atoms with Crippen molar-refractivity contribution in [2.75, 3.05) is 13.1 Å². The molecule has 0 spiro atoms. The van der Waals surface area contributed by atoms with E-state index in [1.807, 2.05) is 24.3 Å². The molecular weight excluding hydrogens is 311 g/mol. The Balaban J connectivity index is 1.64. The topological polar surface area (TPSA) is 29.3 Å². The van der Waals surface area contributed by atoms with Crippen molar-refractivity contribution in [1.82, 2.24) is 4.90 Å². The lowest BCUT2D eigenvalue weighted by atomic mass is 9.89. The van der Waals surface area contributed by atoms with Crippen molar-refractivity contribution in [2.45, 2.75) is 25.4 Å². The summed E-state index contributed by atoms with van der Waals surface area (Å²) in [6, 6.07) is 15.0. The van der Waals surface area contributed by atoms with Crippen LogP contribution in [-0.4, -0.2) is 24.0 Å². The summed E-state index contributed by atoms with van der Waals surface area (Å²) < 4.78 is 13.4. The van der Waals surface area contributed by atoms with E-state index in [0.717, 1.165) is 43.1 Å². The number of likely N-dealkylation sites (tertiary alicyclic amines) is 1. The lowest BCUT2D eigenvalue weighted by Gasteiger charge is -2.36. The van der Waals surface area contributed by atoms with Crippen molar-refractivity contribution >= 4 is 11.6 Å². The molecule has 1 aliphatic rings. The van der Waals surface area contributed by atoms with Gasteiger partial charge in [-0.05, 0) is 54.2 Å². The molecule has 2 aromatic rings. The maximum absolute atomic E-state index is 13.4. The number of halogens is 2. The van der Waals surface area contributed by atoms with Crippen molar-refractivity contribution in [3.05, 3.63) is 70.5 Å². The van der Waals surface area contributed by atoms with Crippen molar-refractivity contribution in [1.29, 1.82) is 0 Å². The summed E-state index contributed by atoms with van der Waals surface area (Å²) in [5.74, 6) is 0.290. The summed E-state index contributed by atoms with van der Waals surface area (Å²) in [4.78, 5) is 2.38. The van der Waals surface area contributed by atoms with E-state index in [-0.39, 0.29) is 11.9 Å². The van der Waals surface area contributed by atoms with Crippen LogP contribution >= 0.6 is 11.6 Å². The molecule has 0 aliphatic carbocycles. The van der Waals surface area contributed by atoms with E-state index in [2.05, 4.69) is 11.0 Å². The summed E-state index contributed by atoms with van der Waals surface area (Å²) >= 11 is 6.06. The van der Waals surface area contributed by atoms with E-state index in [1.54, 1.807) is 12.1 Å². The minimum absolute atomic E-state index is 0.168. The molecule has 2 atom stereocenters. The first kappa shape index (κ1) is 16.4. The smallest absolute Gasteiger partial charge is 0.123 e. The normalized spacial score (nSPS) is 22.2. The molecule has 2 aromatic carbocycles. The lowest BCUT2D eigenvalue weighted by molar-refractivity contribution is 0.149. The highest BCUT2D eigenvalue weighted by molar-refractivity contribution is 6.30. The molecule has 0 saturated carbocycles. The zero-order valence-electron chi connectivity index (χ0n) is 13.1. The van der Waals surface area contributed by atoms with Crippen molar-refractivity contribution in [3.8, 4) is 0 Å². The van der Waals surface area contributed by atoms with Gasteiger partial charge in [0.1, 0.15) is 5.82 Å². The minimum atomic E-state index is -0.168. The van der Waals surface area contributed by atoms with Crippen molar-refractivity contribution < 1.29 is 4.39 Å². The van der Waals surface area contributed by atoms with E-state index in [0.29, 0.717) is 5.92 Å². The van der Waals surface area contributed by atoms with Gasteiger partial charge in [0.05, 0.1) is 0 Å². The van der Waals surface area contributed by atoms with Crippen LogP contribution in [0.5, 0.6) is 0 Å². The third kappa shape index (κ3) is 4.77. The first-order valence-corrected chi connectivity index (χ1v) is 8.43. The van der Waals surface area contributed by atoms with Crippen LogP contribution in [0.1, 0.15) is 17.5 Å². The number of piperidine rings is 1. The second kappa shape index (κ2) is 7.43. The third-order valence-electron chi connectivity index (χ3n) is 4.35. The average Bonchev–Trinajstić information content (AvgIpc) is 2.46. The molecular formula is C19H22ClFN2. The predicted molar refractivity (Wildman–Crippen MR) is 92.9 cm³/mol. The van der Waals surface area contributed by atoms with Gasteiger partial charge in [-0.15, -0.1) is 0 Å². The molecule has 3 rings (SSSR count). The summed E-state index contributed by atoms with van der Waals surface area (Å²) in [5, 5.41) is 0.764. The fraction of sp³-hybridized carbons (Fsp3) is 0.368. The highest BCUT2D eigenvalue weighted by Gasteiger charge is 2.25. The number of hydrogen-bond donors (Lipinski definition) is 1. The van der Waals surface area contributed by atoms with Gasteiger partial charge in [-0.2, -0.15) is 0 Å². The van der Waals surface area contributed by atoms with Crippen LogP contribution in [-0.2, 0) is 13.0 Å². The summed E-state index contributed by atoms with van der Waals surface area (Å²) in [6.07, 6.45) is 1.86. The number of nitrogens with two attached hydrogens (primary N) is 1. The SMILES string of the molecule is NC1CC(Cc2cccc(F)c2)CN(Cc2cccc(Cl)c2)C1. The Morgan fingerprint density at radius 1 is 1.09 bits per heavy atom. The molecule has 2 unspecified atom stereocenters. The highest BCUT2D eigenvalue weighted by atomic mass is 35.5. The second-order valence-electron chi connectivity index (χ2n) is 6.52. The molecule has 0 radical (unpaired) electrons. The average molecular weight is 333 g/mol. The zero-order chi connectivity index (χ0) is 16.2. The standard InChI is InChI=1S/C19H22ClFN2/c20-17-5-1-4-15(8-17)11-23-12-16(10-19(22)13-23)7-14-3-2-6-18(21)9-14/h1-6,8-9,16,19H,7,10-13,22H2. The number of rotatable bonds is 4. The Hall–Kier alpha value is -1.42. The zero-order valence-corrected chi connectivity index (χ0v) is 13.8. The Morgan fingerprint density at radius 2 is 1.87 bits per heavy atom. The molecule has 23 heavy (non-hydrogen) atoms. The predicted octanol–water partition coefficient (Wildman–Crippen LogP) is 3.87. The molecule has 122 valence electrons. The highest BCUT2D eigenvalue weighted by Crippen LogP contribution is 2.23. The van der Waals surface area contributed by atoms with Gasteiger partial charge >= 0.3 is 0 Å². The maximum atomic E-state index is 13.4. The second-order valence-corrected chi connectivity index (χ2v) is 6.96. The number of nitrogens with zero attached hydrogens (tertiary/aromatic N) is 1. The quantitative estimate of drug-likeness (QED) is 0.921. The third-order valence-corrected chi connectivity index (χ3v) is 4.59. The van der Waals surface area contributed by atoms with Gasteiger partial charge in [-0.25, -0.2) is 4.39 Å². The largest absolute Gasteiger partial charge is 0.327 e. The van der Waals surface area contributed by atoms with Gasteiger partial charge in [0, 0.05) is 30.7 Å². The van der Waals surface area contributed by atoms with E-state index in [1.165, 1.54) is 11.6 Å².